The van der Waals surface area contributed by atoms with Gasteiger partial charge in [-0.1, -0.05) is 6.07 Å². The van der Waals surface area contributed by atoms with Gasteiger partial charge in [-0.25, -0.2) is 0 Å². The molecule has 4 heterocycles. The topological polar surface area (TPSA) is 72.7 Å². The van der Waals surface area contributed by atoms with Gasteiger partial charge in [-0.05, 0) is 24.6 Å². The minimum atomic E-state index is -0.132. The molecule has 8 heteroatoms. The van der Waals surface area contributed by atoms with Crippen molar-refractivity contribution >= 4 is 5.91 Å². The van der Waals surface area contributed by atoms with Gasteiger partial charge < -0.3 is 14.4 Å². The highest BCUT2D eigenvalue weighted by Gasteiger charge is 2.37. The van der Waals surface area contributed by atoms with E-state index in [4.69, 9.17) is 9.47 Å². The van der Waals surface area contributed by atoms with Gasteiger partial charge >= 0.3 is 0 Å². The fourth-order valence-corrected chi connectivity index (χ4v) is 4.09. The molecule has 4 rings (SSSR count). The average molecular weight is 399 g/mol. The first-order valence-corrected chi connectivity index (χ1v) is 10.3. The number of amides is 1. The summed E-state index contributed by atoms with van der Waals surface area (Å²) in [6.45, 7) is 7.75. The van der Waals surface area contributed by atoms with Crippen molar-refractivity contribution in [2.75, 3.05) is 46.0 Å². The first-order chi connectivity index (χ1) is 14.2. The standard InChI is InChI=1S/C21H29N5O3/c1-17-4-7-25(23-17)8-5-20(27)26-11-14-29-19(16-24-9-12-28-13-10-24)21(26)18-3-2-6-22-15-18/h2-4,6-7,15,19,21H,5,8-14,16H2,1H3/t19-,21-/m0/s1. The Bertz CT molecular complexity index is 791. The highest BCUT2D eigenvalue weighted by molar-refractivity contribution is 5.77. The minimum Gasteiger partial charge on any atom is -0.379 e. The zero-order valence-corrected chi connectivity index (χ0v) is 16.9. The summed E-state index contributed by atoms with van der Waals surface area (Å²) >= 11 is 0. The van der Waals surface area contributed by atoms with Crippen molar-refractivity contribution in [3.63, 3.8) is 0 Å². The lowest BCUT2D eigenvalue weighted by molar-refractivity contribution is -0.149. The molecule has 2 saturated heterocycles. The number of aromatic nitrogens is 3. The van der Waals surface area contributed by atoms with Crippen molar-refractivity contribution < 1.29 is 14.3 Å². The Morgan fingerprint density at radius 1 is 1.21 bits per heavy atom. The monoisotopic (exact) mass is 399 g/mol. The van der Waals surface area contributed by atoms with E-state index >= 15 is 0 Å². The lowest BCUT2D eigenvalue weighted by Gasteiger charge is -2.43. The molecular formula is C21H29N5O3. The predicted octanol–water partition coefficient (Wildman–Crippen LogP) is 1.28. The maximum absolute atomic E-state index is 13.2. The number of pyridine rings is 1. The number of rotatable bonds is 6. The summed E-state index contributed by atoms with van der Waals surface area (Å²) in [5, 5.41) is 4.39. The molecule has 2 aromatic heterocycles. The maximum atomic E-state index is 13.2. The second kappa shape index (κ2) is 9.47. The van der Waals surface area contributed by atoms with E-state index in [1.54, 1.807) is 6.20 Å². The van der Waals surface area contributed by atoms with Crippen LogP contribution in [0.25, 0.3) is 0 Å². The van der Waals surface area contributed by atoms with Gasteiger partial charge in [0, 0.05) is 57.7 Å². The number of ether oxygens (including phenoxy) is 2. The molecule has 0 unspecified atom stereocenters. The molecule has 2 aliphatic heterocycles. The molecule has 156 valence electrons. The van der Waals surface area contributed by atoms with Crippen LogP contribution in [-0.4, -0.2) is 82.6 Å². The second-order valence-electron chi connectivity index (χ2n) is 7.61. The summed E-state index contributed by atoms with van der Waals surface area (Å²) in [7, 11) is 0. The van der Waals surface area contributed by atoms with Gasteiger partial charge in [-0.3, -0.25) is 19.4 Å². The fourth-order valence-electron chi connectivity index (χ4n) is 4.09. The molecule has 2 aromatic rings. The van der Waals surface area contributed by atoms with Gasteiger partial charge in [-0.2, -0.15) is 5.10 Å². The van der Waals surface area contributed by atoms with Crippen LogP contribution >= 0.6 is 0 Å². The lowest BCUT2D eigenvalue weighted by Crippen LogP contribution is -2.53. The Balaban J connectivity index is 1.49. The van der Waals surface area contributed by atoms with Crippen molar-refractivity contribution in [3.05, 3.63) is 48.0 Å². The van der Waals surface area contributed by atoms with Gasteiger partial charge in [0.05, 0.1) is 37.7 Å². The third-order valence-corrected chi connectivity index (χ3v) is 5.57. The molecule has 0 N–H and O–H groups in total. The van der Waals surface area contributed by atoms with Crippen molar-refractivity contribution in [1.82, 2.24) is 24.6 Å². The molecule has 29 heavy (non-hydrogen) atoms. The number of hydrogen-bond donors (Lipinski definition) is 0. The summed E-state index contributed by atoms with van der Waals surface area (Å²) in [4.78, 5) is 21.8. The van der Waals surface area contributed by atoms with E-state index in [0.29, 0.717) is 26.1 Å². The largest absolute Gasteiger partial charge is 0.379 e. The number of hydrogen-bond acceptors (Lipinski definition) is 6. The highest BCUT2D eigenvalue weighted by atomic mass is 16.5. The summed E-state index contributed by atoms with van der Waals surface area (Å²) in [6.07, 6.45) is 5.87. The van der Waals surface area contributed by atoms with Crippen LogP contribution in [0.1, 0.15) is 23.7 Å². The summed E-state index contributed by atoms with van der Waals surface area (Å²) < 4.78 is 13.5. The molecule has 0 spiro atoms. The third-order valence-electron chi connectivity index (χ3n) is 5.57. The molecule has 0 aromatic carbocycles. The molecule has 2 atom stereocenters. The Kier molecular flexibility index (Phi) is 6.53. The zero-order chi connectivity index (χ0) is 20.1. The molecular weight excluding hydrogens is 370 g/mol. The van der Waals surface area contributed by atoms with Crippen molar-refractivity contribution in [2.24, 2.45) is 0 Å². The highest BCUT2D eigenvalue weighted by Crippen LogP contribution is 2.30. The van der Waals surface area contributed by atoms with Gasteiger partial charge in [-0.15, -0.1) is 0 Å². The fraction of sp³-hybridized carbons (Fsp3) is 0.571. The minimum absolute atomic E-state index is 0.0815. The number of carbonyl (C=O) groups excluding carboxylic acids is 1. The molecule has 1 amide bonds. The molecule has 2 aliphatic rings. The molecule has 0 radical (unpaired) electrons. The van der Waals surface area contributed by atoms with Crippen LogP contribution in [0.3, 0.4) is 0 Å². The normalized spacial score (nSPS) is 23.3. The number of carbonyl (C=O) groups is 1. The van der Waals surface area contributed by atoms with E-state index in [9.17, 15) is 4.79 Å². The quantitative estimate of drug-likeness (QED) is 0.729. The number of morpholine rings is 2. The zero-order valence-electron chi connectivity index (χ0n) is 16.9. The van der Waals surface area contributed by atoms with Crippen LogP contribution in [0.2, 0.25) is 0 Å². The Labute approximate surface area is 171 Å². The van der Waals surface area contributed by atoms with Crippen molar-refractivity contribution in [1.29, 1.82) is 0 Å². The number of aryl methyl sites for hydroxylation is 2. The second-order valence-corrected chi connectivity index (χ2v) is 7.61. The van der Waals surface area contributed by atoms with E-state index in [1.165, 1.54) is 0 Å². The molecule has 2 fully saturated rings. The van der Waals surface area contributed by atoms with Crippen LogP contribution in [0.15, 0.2) is 36.8 Å². The van der Waals surface area contributed by atoms with Crippen molar-refractivity contribution in [2.45, 2.75) is 32.0 Å². The molecule has 0 aliphatic carbocycles. The van der Waals surface area contributed by atoms with Crippen LogP contribution in [0.4, 0.5) is 0 Å². The van der Waals surface area contributed by atoms with E-state index in [2.05, 4.69) is 15.0 Å². The van der Waals surface area contributed by atoms with Crippen molar-refractivity contribution in [3.8, 4) is 0 Å². The predicted molar refractivity (Wildman–Crippen MR) is 107 cm³/mol. The molecule has 0 saturated carbocycles. The SMILES string of the molecule is Cc1ccn(CCC(=O)N2CCO[C@@H](CN3CCOCC3)[C@@H]2c2cccnc2)n1. The first kappa shape index (κ1) is 20.0. The first-order valence-electron chi connectivity index (χ1n) is 10.3. The third kappa shape index (κ3) is 5.01. The van der Waals surface area contributed by atoms with Crippen LogP contribution in [0.5, 0.6) is 0 Å². The van der Waals surface area contributed by atoms with E-state index in [0.717, 1.165) is 44.1 Å². The van der Waals surface area contributed by atoms with Crippen LogP contribution in [-0.2, 0) is 20.8 Å². The Morgan fingerprint density at radius 2 is 2.07 bits per heavy atom. The molecule has 8 nitrogen and oxygen atoms in total. The summed E-state index contributed by atoms with van der Waals surface area (Å²) in [6, 6.07) is 5.78. The smallest absolute Gasteiger partial charge is 0.225 e. The average Bonchev–Trinajstić information content (AvgIpc) is 3.18. The summed E-state index contributed by atoms with van der Waals surface area (Å²) in [5.74, 6) is 0.127. The van der Waals surface area contributed by atoms with E-state index in [1.807, 2.05) is 47.1 Å². The Morgan fingerprint density at radius 3 is 2.79 bits per heavy atom. The summed E-state index contributed by atoms with van der Waals surface area (Å²) in [5.41, 5.74) is 1.98. The Hall–Kier alpha value is -2.29. The maximum Gasteiger partial charge on any atom is 0.225 e. The molecule has 0 bridgehead atoms. The van der Waals surface area contributed by atoms with Crippen LogP contribution < -0.4 is 0 Å². The van der Waals surface area contributed by atoms with Gasteiger partial charge in [0.15, 0.2) is 0 Å². The van der Waals surface area contributed by atoms with E-state index in [-0.39, 0.29) is 18.1 Å². The van der Waals surface area contributed by atoms with E-state index < -0.39 is 0 Å². The van der Waals surface area contributed by atoms with Gasteiger partial charge in [0.1, 0.15) is 0 Å². The van der Waals surface area contributed by atoms with Gasteiger partial charge in [0.2, 0.25) is 5.91 Å². The van der Waals surface area contributed by atoms with Crippen LogP contribution in [0, 0.1) is 6.92 Å². The lowest BCUT2D eigenvalue weighted by atomic mass is 9.98. The van der Waals surface area contributed by atoms with Gasteiger partial charge in [0.25, 0.3) is 0 Å². The number of nitrogens with zero attached hydrogens (tertiary/aromatic N) is 5.